The number of likely N-dealkylation sites (tertiary alicyclic amines) is 2. The van der Waals surface area contributed by atoms with Gasteiger partial charge in [-0.2, -0.15) is 0 Å². The topological polar surface area (TPSA) is 32.8 Å². The number of amides is 1. The summed E-state index contributed by atoms with van der Waals surface area (Å²) in [5.41, 5.74) is 0.753. The van der Waals surface area contributed by atoms with Crippen molar-refractivity contribution in [1.29, 1.82) is 0 Å². The highest BCUT2D eigenvalue weighted by molar-refractivity contribution is 5.78. The molecule has 1 aromatic rings. The molecular weight excluding hydrogens is 319 g/mol. The van der Waals surface area contributed by atoms with Crippen LogP contribution in [-0.2, 0) is 16.0 Å². The summed E-state index contributed by atoms with van der Waals surface area (Å²) in [5, 5.41) is 0. The Hall–Kier alpha value is -1.46. The van der Waals surface area contributed by atoms with Crippen molar-refractivity contribution in [2.45, 2.75) is 31.8 Å². The van der Waals surface area contributed by atoms with E-state index in [0.717, 1.165) is 38.2 Å². The van der Waals surface area contributed by atoms with Gasteiger partial charge in [-0.3, -0.25) is 4.79 Å². The minimum absolute atomic E-state index is 0.107. The molecule has 3 heterocycles. The third-order valence-corrected chi connectivity index (χ3v) is 6.04. The van der Waals surface area contributed by atoms with Gasteiger partial charge in [-0.25, -0.2) is 4.39 Å². The standard InChI is InChI=1S/C20H27FN2O2/c21-17-5-3-4-15(10-17)11-20(24)23-9-6-16-14-25-19(18(16)12-23)13-22-7-1-2-8-22/h3-5,10,16,18-19H,1-2,6-9,11-14H2/t16-,18-,19+/m0/s1. The Kier molecular flexibility index (Phi) is 5.04. The van der Waals surface area contributed by atoms with Crippen molar-refractivity contribution in [2.24, 2.45) is 11.8 Å². The fourth-order valence-electron chi connectivity index (χ4n) is 4.60. The van der Waals surface area contributed by atoms with Gasteiger partial charge in [0.25, 0.3) is 0 Å². The van der Waals surface area contributed by atoms with Gasteiger partial charge < -0.3 is 14.5 Å². The molecule has 5 heteroatoms. The second kappa shape index (κ2) is 7.42. The Morgan fingerprint density at radius 1 is 1.24 bits per heavy atom. The molecule has 0 saturated carbocycles. The van der Waals surface area contributed by atoms with E-state index >= 15 is 0 Å². The zero-order valence-corrected chi connectivity index (χ0v) is 14.7. The molecule has 3 fully saturated rings. The number of carbonyl (C=O) groups excluding carboxylic acids is 1. The van der Waals surface area contributed by atoms with Crippen LogP contribution in [0.15, 0.2) is 24.3 Å². The van der Waals surface area contributed by atoms with E-state index in [9.17, 15) is 9.18 Å². The van der Waals surface area contributed by atoms with Gasteiger partial charge in [0.05, 0.1) is 19.1 Å². The van der Waals surface area contributed by atoms with E-state index < -0.39 is 0 Å². The highest BCUT2D eigenvalue weighted by Crippen LogP contribution is 2.35. The lowest BCUT2D eigenvalue weighted by Crippen LogP contribution is -2.47. The summed E-state index contributed by atoms with van der Waals surface area (Å²) in [4.78, 5) is 17.1. The maximum Gasteiger partial charge on any atom is 0.227 e. The third kappa shape index (κ3) is 3.87. The van der Waals surface area contributed by atoms with E-state index in [1.54, 1.807) is 6.07 Å². The Morgan fingerprint density at radius 3 is 2.88 bits per heavy atom. The van der Waals surface area contributed by atoms with Gasteiger partial charge in [-0.05, 0) is 56.0 Å². The summed E-state index contributed by atoms with van der Waals surface area (Å²) < 4.78 is 19.4. The van der Waals surface area contributed by atoms with Crippen LogP contribution >= 0.6 is 0 Å². The van der Waals surface area contributed by atoms with Crippen molar-refractivity contribution >= 4 is 5.91 Å². The number of hydrogen-bond acceptors (Lipinski definition) is 3. The van der Waals surface area contributed by atoms with Gasteiger partial charge in [0, 0.05) is 25.6 Å². The highest BCUT2D eigenvalue weighted by Gasteiger charge is 2.42. The monoisotopic (exact) mass is 346 g/mol. The zero-order valence-electron chi connectivity index (χ0n) is 14.7. The predicted octanol–water partition coefficient (Wildman–Crippen LogP) is 2.33. The first kappa shape index (κ1) is 17.0. The van der Waals surface area contributed by atoms with Crippen LogP contribution in [0.25, 0.3) is 0 Å². The summed E-state index contributed by atoms with van der Waals surface area (Å²) in [6.45, 7) is 5.80. The second-order valence-corrected chi connectivity index (χ2v) is 7.74. The zero-order chi connectivity index (χ0) is 17.2. The second-order valence-electron chi connectivity index (χ2n) is 7.74. The van der Waals surface area contributed by atoms with Gasteiger partial charge in [0.15, 0.2) is 0 Å². The third-order valence-electron chi connectivity index (χ3n) is 6.04. The highest BCUT2D eigenvalue weighted by atomic mass is 19.1. The fraction of sp³-hybridized carbons (Fsp3) is 0.650. The maximum atomic E-state index is 13.3. The van der Waals surface area contributed by atoms with Crippen LogP contribution in [0.5, 0.6) is 0 Å². The summed E-state index contributed by atoms with van der Waals surface area (Å²) in [5.74, 6) is 0.867. The summed E-state index contributed by atoms with van der Waals surface area (Å²) in [6, 6.07) is 6.36. The molecular formula is C20H27FN2O2. The van der Waals surface area contributed by atoms with Gasteiger partial charge >= 0.3 is 0 Å². The molecule has 0 bridgehead atoms. The normalized spacial score (nSPS) is 29.8. The van der Waals surface area contributed by atoms with Crippen LogP contribution < -0.4 is 0 Å². The Morgan fingerprint density at radius 2 is 2.08 bits per heavy atom. The van der Waals surface area contributed by atoms with E-state index in [-0.39, 0.29) is 24.2 Å². The molecule has 4 nitrogen and oxygen atoms in total. The lowest BCUT2D eigenvalue weighted by atomic mass is 9.84. The number of ether oxygens (including phenoxy) is 1. The lowest BCUT2D eigenvalue weighted by Gasteiger charge is -2.37. The molecule has 0 aromatic heterocycles. The average molecular weight is 346 g/mol. The van der Waals surface area contributed by atoms with Crippen molar-refractivity contribution in [2.75, 3.05) is 39.3 Å². The van der Waals surface area contributed by atoms with Crippen molar-refractivity contribution in [3.8, 4) is 0 Å². The van der Waals surface area contributed by atoms with Crippen molar-refractivity contribution in [1.82, 2.24) is 9.80 Å². The van der Waals surface area contributed by atoms with E-state index in [4.69, 9.17) is 4.74 Å². The van der Waals surface area contributed by atoms with E-state index in [0.29, 0.717) is 11.8 Å². The lowest BCUT2D eigenvalue weighted by molar-refractivity contribution is -0.133. The van der Waals surface area contributed by atoms with Crippen LogP contribution in [0.3, 0.4) is 0 Å². The molecule has 0 spiro atoms. The largest absolute Gasteiger partial charge is 0.376 e. The SMILES string of the molecule is O=C(Cc1cccc(F)c1)N1CC[C@H]2CO[C@H](CN3CCCC3)[C@H]2C1. The Labute approximate surface area is 148 Å². The first-order valence-corrected chi connectivity index (χ1v) is 9.55. The van der Waals surface area contributed by atoms with Crippen molar-refractivity contribution in [3.05, 3.63) is 35.6 Å². The summed E-state index contributed by atoms with van der Waals surface area (Å²) in [6.07, 6.45) is 4.15. The van der Waals surface area contributed by atoms with Gasteiger partial charge in [-0.1, -0.05) is 12.1 Å². The minimum Gasteiger partial charge on any atom is -0.376 e. The van der Waals surface area contributed by atoms with Gasteiger partial charge in [0.2, 0.25) is 5.91 Å². The minimum atomic E-state index is -0.279. The van der Waals surface area contributed by atoms with E-state index in [1.807, 2.05) is 11.0 Å². The Balaban J connectivity index is 1.36. The van der Waals surface area contributed by atoms with Crippen molar-refractivity contribution in [3.63, 3.8) is 0 Å². The summed E-state index contributed by atoms with van der Waals surface area (Å²) in [7, 11) is 0. The molecule has 0 aliphatic carbocycles. The predicted molar refractivity (Wildman–Crippen MR) is 93.7 cm³/mol. The Bertz CT molecular complexity index is 617. The molecule has 3 saturated heterocycles. The van der Waals surface area contributed by atoms with Crippen molar-refractivity contribution < 1.29 is 13.9 Å². The number of rotatable bonds is 4. The number of nitrogens with zero attached hydrogens (tertiary/aromatic N) is 2. The van der Waals surface area contributed by atoms with Crippen LogP contribution in [0.4, 0.5) is 4.39 Å². The molecule has 0 unspecified atom stereocenters. The molecule has 3 atom stereocenters. The molecule has 136 valence electrons. The van der Waals surface area contributed by atoms with Gasteiger partial charge in [-0.15, -0.1) is 0 Å². The number of halogens is 1. The first-order valence-electron chi connectivity index (χ1n) is 9.55. The molecule has 25 heavy (non-hydrogen) atoms. The molecule has 3 aliphatic heterocycles. The molecule has 0 N–H and O–H groups in total. The molecule has 1 amide bonds. The molecule has 4 rings (SSSR count). The van der Waals surface area contributed by atoms with E-state index in [1.165, 1.54) is 38.1 Å². The number of hydrogen-bond donors (Lipinski definition) is 0. The van der Waals surface area contributed by atoms with E-state index in [2.05, 4.69) is 4.90 Å². The number of benzene rings is 1. The molecule has 1 aromatic carbocycles. The number of fused-ring (bicyclic) bond motifs is 1. The molecule has 0 radical (unpaired) electrons. The van der Waals surface area contributed by atoms with Gasteiger partial charge in [0.1, 0.15) is 5.82 Å². The summed E-state index contributed by atoms with van der Waals surface area (Å²) >= 11 is 0. The smallest absolute Gasteiger partial charge is 0.227 e. The molecule has 3 aliphatic rings. The average Bonchev–Trinajstić information content (AvgIpc) is 3.25. The first-order chi connectivity index (χ1) is 12.2. The van der Waals surface area contributed by atoms with Crippen LogP contribution in [0.1, 0.15) is 24.8 Å². The quantitative estimate of drug-likeness (QED) is 0.839. The van der Waals surface area contributed by atoms with Crippen LogP contribution in [0, 0.1) is 17.7 Å². The maximum absolute atomic E-state index is 13.3. The van der Waals surface area contributed by atoms with Crippen LogP contribution in [-0.4, -0.2) is 61.1 Å². The van der Waals surface area contributed by atoms with Crippen LogP contribution in [0.2, 0.25) is 0 Å². The number of piperidine rings is 1. The number of carbonyl (C=O) groups is 1. The fourth-order valence-corrected chi connectivity index (χ4v) is 4.60.